The maximum atomic E-state index is 11.4. The highest BCUT2D eigenvalue weighted by Gasteiger charge is 2.14. The summed E-state index contributed by atoms with van der Waals surface area (Å²) in [6.45, 7) is 1.66. The number of anilines is 1. The van der Waals surface area contributed by atoms with Crippen LogP contribution in [0.3, 0.4) is 0 Å². The first-order chi connectivity index (χ1) is 7.47. The van der Waals surface area contributed by atoms with E-state index in [9.17, 15) is 9.59 Å². The zero-order chi connectivity index (χ0) is 12.3. The Morgan fingerprint density at radius 1 is 1.62 bits per heavy atom. The van der Waals surface area contributed by atoms with Crippen molar-refractivity contribution in [2.24, 2.45) is 7.05 Å². The Bertz CT molecular complexity index is 457. The van der Waals surface area contributed by atoms with Gasteiger partial charge in [0.1, 0.15) is 11.1 Å². The van der Waals surface area contributed by atoms with Gasteiger partial charge in [0, 0.05) is 14.1 Å². The van der Waals surface area contributed by atoms with E-state index in [1.807, 2.05) is 0 Å². The van der Waals surface area contributed by atoms with Gasteiger partial charge in [-0.25, -0.2) is 4.68 Å². The number of hydrogen-bond donors (Lipinski definition) is 2. The van der Waals surface area contributed by atoms with Gasteiger partial charge in [0.25, 0.3) is 5.56 Å². The minimum Gasteiger partial charge on any atom is -0.371 e. The summed E-state index contributed by atoms with van der Waals surface area (Å²) in [4.78, 5) is 22.7. The first-order valence-electron chi connectivity index (χ1n) is 4.67. The summed E-state index contributed by atoms with van der Waals surface area (Å²) in [5.41, 5.74) is -0.0587. The molecule has 0 radical (unpaired) electrons. The van der Waals surface area contributed by atoms with Crippen LogP contribution in [-0.4, -0.2) is 28.8 Å². The molecule has 16 heavy (non-hydrogen) atoms. The lowest BCUT2D eigenvalue weighted by atomic mass is 10.3. The lowest BCUT2D eigenvalue weighted by Gasteiger charge is -2.14. The van der Waals surface area contributed by atoms with Crippen LogP contribution in [0.5, 0.6) is 0 Å². The Hall–Kier alpha value is -1.56. The van der Waals surface area contributed by atoms with Crippen LogP contribution in [0, 0.1) is 0 Å². The zero-order valence-corrected chi connectivity index (χ0v) is 10.00. The second kappa shape index (κ2) is 4.98. The molecule has 0 saturated carbocycles. The summed E-state index contributed by atoms with van der Waals surface area (Å²) in [5.74, 6) is -0.197. The second-order valence-corrected chi connectivity index (χ2v) is 3.66. The third-order valence-corrected chi connectivity index (χ3v) is 2.46. The van der Waals surface area contributed by atoms with Crippen molar-refractivity contribution in [3.8, 4) is 0 Å². The Morgan fingerprint density at radius 3 is 2.81 bits per heavy atom. The summed E-state index contributed by atoms with van der Waals surface area (Å²) in [5, 5.41) is 9.12. The molecule has 0 aliphatic carbocycles. The van der Waals surface area contributed by atoms with Crippen LogP contribution in [0.25, 0.3) is 0 Å². The molecule has 1 heterocycles. The number of rotatable bonds is 3. The molecule has 7 heteroatoms. The number of halogens is 1. The molecule has 0 aliphatic rings. The van der Waals surface area contributed by atoms with E-state index in [-0.39, 0.29) is 10.9 Å². The number of nitrogens with one attached hydrogen (secondary N) is 2. The molecule has 0 aliphatic heterocycles. The van der Waals surface area contributed by atoms with Gasteiger partial charge in [-0.2, -0.15) is 5.10 Å². The molecule has 1 rings (SSSR count). The molecule has 1 unspecified atom stereocenters. The number of nitrogens with zero attached hydrogens (tertiary/aromatic N) is 2. The Kier molecular flexibility index (Phi) is 3.89. The smallest absolute Gasteiger partial charge is 0.287 e. The van der Waals surface area contributed by atoms with Crippen molar-refractivity contribution in [1.29, 1.82) is 0 Å². The first-order valence-corrected chi connectivity index (χ1v) is 5.05. The topological polar surface area (TPSA) is 76.0 Å². The number of aromatic nitrogens is 2. The van der Waals surface area contributed by atoms with E-state index in [1.165, 1.54) is 20.3 Å². The SMILES string of the molecule is CNC(=O)C(C)Nc1cnn(C)c(=O)c1Cl. The molecular formula is C9H13ClN4O2. The molecular weight excluding hydrogens is 232 g/mol. The second-order valence-electron chi connectivity index (χ2n) is 3.28. The molecule has 0 spiro atoms. The average Bonchev–Trinajstić information content (AvgIpc) is 2.28. The van der Waals surface area contributed by atoms with E-state index in [1.54, 1.807) is 6.92 Å². The number of hydrogen-bond acceptors (Lipinski definition) is 4. The number of amides is 1. The lowest BCUT2D eigenvalue weighted by molar-refractivity contribution is -0.121. The Labute approximate surface area is 97.6 Å². The van der Waals surface area contributed by atoms with E-state index in [0.717, 1.165) is 4.68 Å². The van der Waals surface area contributed by atoms with Crippen molar-refractivity contribution in [3.05, 3.63) is 21.6 Å². The van der Waals surface area contributed by atoms with Gasteiger partial charge >= 0.3 is 0 Å². The van der Waals surface area contributed by atoms with Gasteiger partial charge in [0.2, 0.25) is 5.91 Å². The Balaban J connectivity index is 2.95. The van der Waals surface area contributed by atoms with Crippen molar-refractivity contribution in [3.63, 3.8) is 0 Å². The highest BCUT2D eigenvalue weighted by atomic mass is 35.5. The normalized spacial score (nSPS) is 12.0. The van der Waals surface area contributed by atoms with Crippen LogP contribution >= 0.6 is 11.6 Å². The van der Waals surface area contributed by atoms with E-state index in [0.29, 0.717) is 5.69 Å². The largest absolute Gasteiger partial charge is 0.371 e. The number of likely N-dealkylation sites (N-methyl/N-ethyl adjacent to an activating group) is 1. The van der Waals surface area contributed by atoms with Gasteiger partial charge in [-0.3, -0.25) is 9.59 Å². The molecule has 0 bridgehead atoms. The minimum absolute atomic E-state index is 0.0215. The summed E-state index contributed by atoms with van der Waals surface area (Å²) in [6.07, 6.45) is 1.41. The molecule has 0 fully saturated rings. The van der Waals surface area contributed by atoms with E-state index in [2.05, 4.69) is 15.7 Å². The van der Waals surface area contributed by atoms with Crippen LogP contribution in [0.2, 0.25) is 5.02 Å². The number of carbonyl (C=O) groups is 1. The monoisotopic (exact) mass is 244 g/mol. The van der Waals surface area contributed by atoms with Crippen LogP contribution in [0.4, 0.5) is 5.69 Å². The van der Waals surface area contributed by atoms with Gasteiger partial charge in [-0.05, 0) is 6.92 Å². The fourth-order valence-electron chi connectivity index (χ4n) is 1.13. The predicted molar refractivity (Wildman–Crippen MR) is 61.6 cm³/mol. The standard InChI is InChI=1S/C9H13ClN4O2/c1-5(8(15)11-2)13-6-4-12-14(3)9(16)7(6)10/h4-5,13H,1-3H3,(H,11,15). The third-order valence-electron chi connectivity index (χ3n) is 2.09. The lowest BCUT2D eigenvalue weighted by Crippen LogP contribution is -2.36. The highest BCUT2D eigenvalue weighted by Crippen LogP contribution is 2.15. The van der Waals surface area contributed by atoms with Crippen LogP contribution in [0.1, 0.15) is 6.92 Å². The predicted octanol–water partition coefficient (Wildman–Crippen LogP) is -0.0199. The maximum Gasteiger partial charge on any atom is 0.287 e. The van der Waals surface area contributed by atoms with Crippen LogP contribution in [0.15, 0.2) is 11.0 Å². The van der Waals surface area contributed by atoms with Crippen LogP contribution in [-0.2, 0) is 11.8 Å². The molecule has 6 nitrogen and oxygen atoms in total. The van der Waals surface area contributed by atoms with Gasteiger partial charge in [-0.15, -0.1) is 0 Å². The van der Waals surface area contributed by atoms with Crippen molar-refractivity contribution in [2.75, 3.05) is 12.4 Å². The van der Waals surface area contributed by atoms with Gasteiger partial charge < -0.3 is 10.6 Å². The zero-order valence-electron chi connectivity index (χ0n) is 9.24. The minimum atomic E-state index is -0.489. The van der Waals surface area contributed by atoms with Crippen molar-refractivity contribution < 1.29 is 4.79 Å². The van der Waals surface area contributed by atoms with Crippen molar-refractivity contribution >= 4 is 23.2 Å². The number of aryl methyl sites for hydroxylation is 1. The molecule has 1 atom stereocenters. The summed E-state index contributed by atoms with van der Waals surface area (Å²) < 4.78 is 1.12. The van der Waals surface area contributed by atoms with Crippen molar-refractivity contribution in [1.82, 2.24) is 15.1 Å². The fourth-order valence-corrected chi connectivity index (χ4v) is 1.35. The molecule has 1 aromatic rings. The van der Waals surface area contributed by atoms with Crippen molar-refractivity contribution in [2.45, 2.75) is 13.0 Å². The highest BCUT2D eigenvalue weighted by molar-refractivity contribution is 6.33. The third kappa shape index (κ3) is 2.52. The van der Waals surface area contributed by atoms with Gasteiger partial charge in [0.05, 0.1) is 11.9 Å². The summed E-state index contributed by atoms with van der Waals surface area (Å²) in [7, 11) is 3.03. The maximum absolute atomic E-state index is 11.4. The summed E-state index contributed by atoms with van der Waals surface area (Å²) in [6, 6.07) is -0.489. The van der Waals surface area contributed by atoms with Gasteiger partial charge in [-0.1, -0.05) is 11.6 Å². The summed E-state index contributed by atoms with van der Waals surface area (Å²) >= 11 is 5.82. The molecule has 2 N–H and O–H groups in total. The van der Waals surface area contributed by atoms with E-state index >= 15 is 0 Å². The van der Waals surface area contributed by atoms with E-state index in [4.69, 9.17) is 11.6 Å². The number of carbonyl (C=O) groups excluding carboxylic acids is 1. The van der Waals surface area contributed by atoms with E-state index < -0.39 is 11.6 Å². The molecule has 1 aromatic heterocycles. The molecule has 1 amide bonds. The fraction of sp³-hybridized carbons (Fsp3) is 0.444. The first kappa shape index (κ1) is 12.5. The average molecular weight is 245 g/mol. The molecule has 0 saturated heterocycles. The van der Waals surface area contributed by atoms with Crippen LogP contribution < -0.4 is 16.2 Å². The van der Waals surface area contributed by atoms with Gasteiger partial charge in [0.15, 0.2) is 0 Å². The quantitative estimate of drug-likeness (QED) is 0.784. The molecule has 88 valence electrons. The Morgan fingerprint density at radius 2 is 2.25 bits per heavy atom. The molecule has 0 aromatic carbocycles.